The molecule has 1 aromatic rings. The Bertz CT molecular complexity index is 473. The number of nitrogens with zero attached hydrogens (tertiary/aromatic N) is 2. The van der Waals surface area contributed by atoms with E-state index in [-0.39, 0.29) is 0 Å². The lowest BCUT2D eigenvalue weighted by Gasteiger charge is -2.33. The molecule has 6 heteroatoms. The maximum Gasteiger partial charge on any atom is 0.110 e. The Labute approximate surface area is 123 Å². The zero-order valence-electron chi connectivity index (χ0n) is 10.7. The van der Waals surface area contributed by atoms with Gasteiger partial charge in [-0.05, 0) is 18.6 Å². The molecule has 0 spiro atoms. The minimum Gasteiger partial charge on any atom is -0.384 e. The number of aliphatic hydroxyl groups is 1. The molecule has 1 atom stereocenters. The molecule has 2 N–H and O–H groups in total. The first kappa shape index (κ1) is 14.6. The van der Waals surface area contributed by atoms with Crippen LogP contribution in [0.2, 0.25) is 10.0 Å². The number of hydrogen-bond donors (Lipinski definition) is 2. The number of β-amino-alcohol motifs (C(OH)–C–C–N with tert-alkyl or cyclic N) is 1. The van der Waals surface area contributed by atoms with Gasteiger partial charge in [-0.3, -0.25) is 4.99 Å². The molecule has 0 bridgehead atoms. The van der Waals surface area contributed by atoms with Crippen LogP contribution in [0.5, 0.6) is 0 Å². The van der Waals surface area contributed by atoms with E-state index in [4.69, 9.17) is 23.2 Å². The van der Waals surface area contributed by atoms with Crippen molar-refractivity contribution >= 4 is 29.5 Å². The summed E-state index contributed by atoms with van der Waals surface area (Å²) in [6.45, 7) is 2.97. The minimum atomic E-state index is -1.02. The fourth-order valence-electron chi connectivity index (χ4n) is 2.29. The van der Waals surface area contributed by atoms with E-state index in [0.29, 0.717) is 35.2 Å². The maximum absolute atomic E-state index is 10.9. The van der Waals surface area contributed by atoms with Crippen molar-refractivity contribution in [2.75, 3.05) is 13.2 Å². The van der Waals surface area contributed by atoms with Gasteiger partial charge in [-0.2, -0.15) is 5.01 Å². The van der Waals surface area contributed by atoms with Crippen molar-refractivity contribution in [3.8, 4) is 0 Å². The first-order valence-corrected chi connectivity index (χ1v) is 6.98. The molecule has 0 saturated heterocycles. The molecular formula is C13H17Cl2N3O. The zero-order chi connectivity index (χ0) is 13.9. The fourth-order valence-corrected chi connectivity index (χ4v) is 2.88. The SMILES string of the molecule is CCCC(O)(CN1CN=CN1)c1ccc(Cl)cc1Cl. The van der Waals surface area contributed by atoms with E-state index in [0.717, 1.165) is 6.42 Å². The van der Waals surface area contributed by atoms with Gasteiger partial charge in [0.1, 0.15) is 12.3 Å². The van der Waals surface area contributed by atoms with E-state index in [2.05, 4.69) is 10.4 Å². The Balaban J connectivity index is 2.26. The Morgan fingerprint density at radius 2 is 2.26 bits per heavy atom. The second-order valence-electron chi connectivity index (χ2n) is 4.69. The summed E-state index contributed by atoms with van der Waals surface area (Å²) < 4.78 is 0. The average molecular weight is 302 g/mol. The van der Waals surface area contributed by atoms with Crippen LogP contribution in [0.3, 0.4) is 0 Å². The van der Waals surface area contributed by atoms with Crippen molar-refractivity contribution in [2.24, 2.45) is 4.99 Å². The number of aliphatic imine (C=N–C) groups is 1. The number of nitrogens with one attached hydrogen (secondary N) is 1. The van der Waals surface area contributed by atoms with Crippen molar-refractivity contribution in [3.05, 3.63) is 33.8 Å². The molecule has 19 heavy (non-hydrogen) atoms. The highest BCUT2D eigenvalue weighted by Gasteiger charge is 2.33. The summed E-state index contributed by atoms with van der Waals surface area (Å²) in [6, 6.07) is 5.20. The third-order valence-electron chi connectivity index (χ3n) is 3.13. The van der Waals surface area contributed by atoms with Gasteiger partial charge in [0, 0.05) is 15.6 Å². The van der Waals surface area contributed by atoms with Gasteiger partial charge < -0.3 is 10.5 Å². The average Bonchev–Trinajstić information content (AvgIpc) is 2.81. The molecular weight excluding hydrogens is 285 g/mol. The monoisotopic (exact) mass is 301 g/mol. The van der Waals surface area contributed by atoms with Crippen LogP contribution in [0.1, 0.15) is 25.3 Å². The Morgan fingerprint density at radius 1 is 1.47 bits per heavy atom. The van der Waals surface area contributed by atoms with Crippen LogP contribution in [-0.4, -0.2) is 29.7 Å². The van der Waals surface area contributed by atoms with E-state index in [1.54, 1.807) is 24.5 Å². The molecule has 4 nitrogen and oxygen atoms in total. The van der Waals surface area contributed by atoms with Gasteiger partial charge in [-0.1, -0.05) is 42.6 Å². The Kier molecular flexibility index (Phi) is 4.68. The van der Waals surface area contributed by atoms with Crippen molar-refractivity contribution in [1.29, 1.82) is 0 Å². The lowest BCUT2D eigenvalue weighted by atomic mass is 9.89. The lowest BCUT2D eigenvalue weighted by Crippen LogP contribution is -2.44. The summed E-state index contributed by atoms with van der Waals surface area (Å²) in [7, 11) is 0. The van der Waals surface area contributed by atoms with Gasteiger partial charge in [0.15, 0.2) is 0 Å². The van der Waals surface area contributed by atoms with Gasteiger partial charge >= 0.3 is 0 Å². The minimum absolute atomic E-state index is 0.419. The molecule has 0 aromatic heterocycles. The van der Waals surface area contributed by atoms with Gasteiger partial charge in [0.05, 0.1) is 12.9 Å². The highest BCUT2D eigenvalue weighted by molar-refractivity contribution is 6.35. The van der Waals surface area contributed by atoms with Crippen LogP contribution in [-0.2, 0) is 5.60 Å². The van der Waals surface area contributed by atoms with Gasteiger partial charge in [-0.25, -0.2) is 0 Å². The summed E-state index contributed by atoms with van der Waals surface area (Å²) in [5.41, 5.74) is 2.67. The van der Waals surface area contributed by atoms with E-state index >= 15 is 0 Å². The zero-order valence-corrected chi connectivity index (χ0v) is 12.2. The summed E-state index contributed by atoms with van der Waals surface area (Å²) in [4.78, 5) is 4.06. The molecule has 1 heterocycles. The molecule has 1 aromatic carbocycles. The lowest BCUT2D eigenvalue weighted by molar-refractivity contribution is -0.0128. The molecule has 0 fully saturated rings. The smallest absolute Gasteiger partial charge is 0.110 e. The third-order valence-corrected chi connectivity index (χ3v) is 3.68. The van der Waals surface area contributed by atoms with Crippen LogP contribution in [0.4, 0.5) is 0 Å². The fraction of sp³-hybridized carbons (Fsp3) is 0.462. The normalized spacial score (nSPS) is 18.3. The summed E-state index contributed by atoms with van der Waals surface area (Å²) >= 11 is 12.1. The van der Waals surface area contributed by atoms with Gasteiger partial charge in [0.2, 0.25) is 0 Å². The van der Waals surface area contributed by atoms with Crippen LogP contribution >= 0.6 is 23.2 Å². The van der Waals surface area contributed by atoms with Crippen LogP contribution in [0, 0.1) is 0 Å². The quantitative estimate of drug-likeness (QED) is 0.879. The summed E-state index contributed by atoms with van der Waals surface area (Å²) in [6.07, 6.45) is 3.09. The third kappa shape index (κ3) is 3.39. The van der Waals surface area contributed by atoms with Crippen molar-refractivity contribution in [1.82, 2.24) is 10.4 Å². The molecule has 1 aliphatic rings. The standard InChI is InChI=1S/C13H17Cl2N3O/c1-2-5-13(19,7-18-9-16-8-17-18)11-4-3-10(14)6-12(11)15/h3-4,6,8,19H,2,5,7,9H2,1H3,(H,16,17). The first-order valence-electron chi connectivity index (χ1n) is 6.22. The summed E-state index contributed by atoms with van der Waals surface area (Å²) in [5, 5.41) is 13.9. The molecule has 0 radical (unpaired) electrons. The topological polar surface area (TPSA) is 47.9 Å². The summed E-state index contributed by atoms with van der Waals surface area (Å²) in [5.74, 6) is 0. The first-order chi connectivity index (χ1) is 9.05. The van der Waals surface area contributed by atoms with E-state index in [1.807, 2.05) is 11.9 Å². The molecule has 1 aliphatic heterocycles. The number of benzene rings is 1. The Hall–Kier alpha value is -0.810. The largest absolute Gasteiger partial charge is 0.384 e. The van der Waals surface area contributed by atoms with E-state index in [1.165, 1.54) is 0 Å². The number of rotatable bonds is 5. The highest BCUT2D eigenvalue weighted by atomic mass is 35.5. The predicted octanol–water partition coefficient (Wildman–Crippen LogP) is 2.79. The molecule has 0 aliphatic carbocycles. The molecule has 0 saturated carbocycles. The van der Waals surface area contributed by atoms with E-state index in [9.17, 15) is 5.11 Å². The maximum atomic E-state index is 10.9. The van der Waals surface area contributed by atoms with Gasteiger partial charge in [-0.15, -0.1) is 0 Å². The van der Waals surface area contributed by atoms with Crippen molar-refractivity contribution in [2.45, 2.75) is 25.4 Å². The predicted molar refractivity (Wildman–Crippen MR) is 78.5 cm³/mol. The van der Waals surface area contributed by atoms with Crippen LogP contribution in [0.25, 0.3) is 0 Å². The second kappa shape index (κ2) is 6.09. The van der Waals surface area contributed by atoms with Crippen LogP contribution < -0.4 is 5.43 Å². The molecule has 2 rings (SSSR count). The Morgan fingerprint density at radius 3 is 2.84 bits per heavy atom. The van der Waals surface area contributed by atoms with Crippen molar-refractivity contribution < 1.29 is 5.11 Å². The molecule has 104 valence electrons. The van der Waals surface area contributed by atoms with Crippen molar-refractivity contribution in [3.63, 3.8) is 0 Å². The molecule has 1 unspecified atom stereocenters. The second-order valence-corrected chi connectivity index (χ2v) is 5.53. The molecule has 0 amide bonds. The number of hydrazine groups is 1. The number of halogens is 2. The number of hydrogen-bond acceptors (Lipinski definition) is 4. The van der Waals surface area contributed by atoms with E-state index < -0.39 is 5.60 Å². The van der Waals surface area contributed by atoms with Gasteiger partial charge in [0.25, 0.3) is 0 Å². The highest BCUT2D eigenvalue weighted by Crippen LogP contribution is 2.34. The van der Waals surface area contributed by atoms with Crippen LogP contribution in [0.15, 0.2) is 23.2 Å².